The van der Waals surface area contributed by atoms with Gasteiger partial charge in [0.1, 0.15) is 97.5 Å². The second kappa shape index (κ2) is 15.3. The lowest BCUT2D eigenvalue weighted by atomic mass is 9.59. The van der Waals surface area contributed by atoms with Crippen LogP contribution in [0.2, 0.25) is 0 Å². The standard InChI is InChI=1S/C45H40B11N3O/c46-30-25(33(49)39(55)41-27(30)28-34(50)37(53)38(54)40(56)42(28)60-41)26-31(47)29(35(51)36(52)32(26)48)45-58-43(22-16-14-21(15-17-22)19-8-3-1-4-9-19)57-44(59-45)24-13-7-12-23(18-24)20-10-5-2-6-11-20/h1-18H,46-56H2. The van der Waals surface area contributed by atoms with Crippen LogP contribution in [0.5, 0.6) is 0 Å². The number of aromatic nitrogens is 3. The third-order valence-electron chi connectivity index (χ3n) is 13.6. The minimum atomic E-state index is 0.643. The summed E-state index contributed by atoms with van der Waals surface area (Å²) in [6.45, 7) is 0. The molecule has 0 unspecified atom stereocenters. The molecule has 0 radical (unpaired) electrons. The second-order valence-electron chi connectivity index (χ2n) is 16.7. The van der Waals surface area contributed by atoms with E-state index in [1.807, 2.05) is 12.1 Å². The summed E-state index contributed by atoms with van der Waals surface area (Å²) in [5.74, 6) is 1.96. The molecular weight excluding hydrogens is 717 g/mol. The van der Waals surface area contributed by atoms with E-state index < -0.39 is 0 Å². The number of benzene rings is 7. The van der Waals surface area contributed by atoms with Gasteiger partial charge in [0, 0.05) is 27.5 Å². The van der Waals surface area contributed by atoms with Crippen LogP contribution in [0, 0.1) is 0 Å². The molecule has 0 amide bonds. The van der Waals surface area contributed by atoms with Crippen molar-refractivity contribution >= 4 is 168 Å². The Balaban J connectivity index is 1.30. The summed E-state index contributed by atoms with van der Waals surface area (Å²) in [7, 11) is 24.7. The van der Waals surface area contributed by atoms with Crippen molar-refractivity contribution in [3.63, 3.8) is 0 Å². The molecule has 7 aromatic carbocycles. The van der Waals surface area contributed by atoms with Gasteiger partial charge in [-0.2, -0.15) is 0 Å². The fourth-order valence-electron chi connectivity index (χ4n) is 9.45. The highest BCUT2D eigenvalue weighted by atomic mass is 16.3. The van der Waals surface area contributed by atoms with Gasteiger partial charge < -0.3 is 4.42 Å². The van der Waals surface area contributed by atoms with Crippen molar-refractivity contribution in [3.8, 4) is 67.5 Å². The molecule has 0 aliphatic carbocycles. The molecule has 15 heteroatoms. The Kier molecular flexibility index (Phi) is 10.1. The van der Waals surface area contributed by atoms with E-state index in [4.69, 9.17) is 19.4 Å². The molecule has 0 saturated heterocycles. The summed E-state index contributed by atoms with van der Waals surface area (Å²) < 4.78 is 6.83. The molecule has 9 aromatic rings. The highest BCUT2D eigenvalue weighted by Gasteiger charge is 2.26. The third kappa shape index (κ3) is 6.36. The topological polar surface area (TPSA) is 51.8 Å². The normalized spacial score (nSPS) is 11.4. The number of nitrogens with zero attached hydrogens (tertiary/aromatic N) is 3. The average Bonchev–Trinajstić information content (AvgIpc) is 3.69. The van der Waals surface area contributed by atoms with Crippen LogP contribution in [-0.4, -0.2) is 101 Å². The van der Waals surface area contributed by atoms with Gasteiger partial charge in [-0.25, -0.2) is 15.0 Å². The predicted molar refractivity (Wildman–Crippen MR) is 290 cm³/mol. The molecule has 0 saturated carbocycles. The molecule has 0 aliphatic heterocycles. The van der Waals surface area contributed by atoms with Gasteiger partial charge in [0.25, 0.3) is 0 Å². The molecule has 9 rings (SSSR count). The van der Waals surface area contributed by atoms with Crippen LogP contribution < -0.4 is 60.1 Å². The maximum atomic E-state index is 6.83. The lowest BCUT2D eigenvalue weighted by molar-refractivity contribution is 0.675. The van der Waals surface area contributed by atoms with E-state index in [1.54, 1.807) is 0 Å². The number of hydrogen-bond acceptors (Lipinski definition) is 4. The highest BCUT2D eigenvalue weighted by molar-refractivity contribution is 6.70. The van der Waals surface area contributed by atoms with Crippen LogP contribution in [0.15, 0.2) is 114 Å². The molecule has 2 aromatic heterocycles. The van der Waals surface area contributed by atoms with Crippen molar-refractivity contribution in [3.05, 3.63) is 109 Å². The largest absolute Gasteiger partial charge is 0.457 e. The van der Waals surface area contributed by atoms with Gasteiger partial charge in [-0.15, -0.1) is 10.9 Å². The van der Waals surface area contributed by atoms with Crippen molar-refractivity contribution < 1.29 is 4.42 Å². The van der Waals surface area contributed by atoms with Gasteiger partial charge in [0.15, 0.2) is 17.5 Å². The van der Waals surface area contributed by atoms with Gasteiger partial charge in [-0.1, -0.05) is 152 Å². The molecular formula is C45H40B11N3O. The second-order valence-corrected chi connectivity index (χ2v) is 16.7. The third-order valence-corrected chi connectivity index (χ3v) is 13.6. The number of fused-ring (bicyclic) bond motifs is 3. The molecule has 0 aliphatic rings. The minimum absolute atomic E-state index is 0.643. The molecule has 4 nitrogen and oxygen atoms in total. The van der Waals surface area contributed by atoms with Crippen molar-refractivity contribution in [2.75, 3.05) is 0 Å². The highest BCUT2D eigenvalue weighted by Crippen LogP contribution is 2.30. The Morgan fingerprint density at radius 2 is 0.683 bits per heavy atom. The first-order valence-corrected chi connectivity index (χ1v) is 21.0. The predicted octanol–water partition coefficient (Wildman–Crippen LogP) is -7.38. The molecule has 2 heterocycles. The SMILES string of the molecule is Bc1c(B)c(-c2nc(-c3ccc(-c4ccccc4)cc3)nc(-c3cccc(-c4ccccc4)c3)n2)c(B)c(-c2c(B)c(B)c3oc4c(B)c(B)c(B)c(B)c4c3c2B)c1B. The first kappa shape index (κ1) is 39.5. The molecule has 0 fully saturated rings. The van der Waals surface area contributed by atoms with Gasteiger partial charge in [-0.3, -0.25) is 0 Å². The fraction of sp³-hybridized carbons (Fsp3) is 0. The minimum Gasteiger partial charge on any atom is -0.457 e. The summed E-state index contributed by atoms with van der Waals surface area (Å²) in [6.07, 6.45) is 0. The molecule has 0 bridgehead atoms. The molecule has 60 heavy (non-hydrogen) atoms. The Morgan fingerprint density at radius 3 is 1.32 bits per heavy atom. The zero-order chi connectivity index (χ0) is 42.1. The molecule has 274 valence electrons. The Labute approximate surface area is 362 Å². The van der Waals surface area contributed by atoms with E-state index in [0.29, 0.717) is 17.5 Å². The van der Waals surface area contributed by atoms with E-state index >= 15 is 0 Å². The molecule has 0 N–H and O–H groups in total. The van der Waals surface area contributed by atoms with E-state index in [1.165, 1.54) is 82.1 Å². The van der Waals surface area contributed by atoms with E-state index in [-0.39, 0.29) is 0 Å². The first-order chi connectivity index (χ1) is 28.8. The van der Waals surface area contributed by atoms with Crippen LogP contribution in [0.4, 0.5) is 0 Å². The number of furan rings is 1. The van der Waals surface area contributed by atoms with Crippen LogP contribution in [-0.2, 0) is 0 Å². The summed E-state index contributed by atoms with van der Waals surface area (Å²) in [4.78, 5) is 15.9. The van der Waals surface area contributed by atoms with Crippen LogP contribution in [0.25, 0.3) is 89.5 Å². The zero-order valence-corrected chi connectivity index (χ0v) is 36.6. The van der Waals surface area contributed by atoms with Crippen molar-refractivity contribution in [2.24, 2.45) is 0 Å². The lowest BCUT2D eigenvalue weighted by Gasteiger charge is -2.25. The quantitative estimate of drug-likeness (QED) is 0.159. The fourth-order valence-corrected chi connectivity index (χ4v) is 9.45. The summed E-state index contributed by atoms with van der Waals surface area (Å²) in [5, 5.41) is 2.45. The van der Waals surface area contributed by atoms with Gasteiger partial charge in [0.05, 0.1) is 0 Å². The van der Waals surface area contributed by atoms with E-state index in [0.717, 1.165) is 50.0 Å². The van der Waals surface area contributed by atoms with Crippen molar-refractivity contribution in [2.45, 2.75) is 0 Å². The van der Waals surface area contributed by atoms with Gasteiger partial charge in [0.2, 0.25) is 0 Å². The number of hydrogen-bond donors (Lipinski definition) is 0. The summed E-state index contributed by atoms with van der Waals surface area (Å²) in [6, 6.07) is 38.0. The maximum absolute atomic E-state index is 6.83. The molecule has 0 spiro atoms. The zero-order valence-electron chi connectivity index (χ0n) is 36.6. The van der Waals surface area contributed by atoms with Crippen molar-refractivity contribution in [1.82, 2.24) is 15.0 Å². The van der Waals surface area contributed by atoms with Gasteiger partial charge in [-0.05, 0) is 39.4 Å². The van der Waals surface area contributed by atoms with Crippen LogP contribution in [0.1, 0.15) is 0 Å². The molecule has 0 atom stereocenters. The Morgan fingerprint density at radius 1 is 0.283 bits per heavy atom. The summed E-state index contributed by atoms with van der Waals surface area (Å²) >= 11 is 0. The van der Waals surface area contributed by atoms with E-state index in [9.17, 15) is 0 Å². The average molecular weight is 758 g/mol. The summed E-state index contributed by atoms with van der Waals surface area (Å²) in [5.41, 5.74) is 25.6. The first-order valence-electron chi connectivity index (χ1n) is 21.0. The lowest BCUT2D eigenvalue weighted by Crippen LogP contribution is -2.48. The van der Waals surface area contributed by atoms with Crippen LogP contribution in [0.3, 0.4) is 0 Å². The maximum Gasteiger partial charge on any atom is 0.164 e. The van der Waals surface area contributed by atoms with E-state index in [2.05, 4.69) is 183 Å². The van der Waals surface area contributed by atoms with Crippen molar-refractivity contribution in [1.29, 1.82) is 0 Å². The Bertz CT molecular complexity index is 3210. The Hall–Kier alpha value is -5.94. The monoisotopic (exact) mass is 759 g/mol. The van der Waals surface area contributed by atoms with Gasteiger partial charge >= 0.3 is 0 Å². The van der Waals surface area contributed by atoms with Crippen LogP contribution >= 0.6 is 0 Å². The smallest absolute Gasteiger partial charge is 0.164 e. The number of rotatable bonds is 6.